The second-order valence-corrected chi connectivity index (χ2v) is 5.08. The first-order chi connectivity index (χ1) is 9.45. The Kier molecular flexibility index (Phi) is 4.38. The molecule has 0 bridgehead atoms. The van der Waals surface area contributed by atoms with E-state index in [9.17, 15) is 8.78 Å². The molecule has 0 aliphatic rings. The maximum absolute atomic E-state index is 14.0. The molecule has 2 rings (SSSR count). The fourth-order valence-electron chi connectivity index (χ4n) is 2.19. The van der Waals surface area contributed by atoms with E-state index in [0.717, 1.165) is 28.8 Å². The molecule has 2 aromatic carbocycles. The van der Waals surface area contributed by atoms with Gasteiger partial charge in [-0.15, -0.1) is 0 Å². The Bertz CT molecular complexity index is 644. The normalized spacial score (nSPS) is 12.5. The summed E-state index contributed by atoms with van der Waals surface area (Å²) in [6.07, 6.45) is 0. The van der Waals surface area contributed by atoms with Crippen LogP contribution in [0.2, 0.25) is 5.02 Å². The Labute approximate surface area is 121 Å². The Hall–Kier alpha value is -1.49. The highest BCUT2D eigenvalue weighted by atomic mass is 35.5. The molecule has 0 aromatic heterocycles. The van der Waals surface area contributed by atoms with Gasteiger partial charge in [0.2, 0.25) is 0 Å². The zero-order chi connectivity index (χ0) is 14.9. The summed E-state index contributed by atoms with van der Waals surface area (Å²) in [6, 6.07) is 7.03. The number of rotatable bonds is 3. The first kappa shape index (κ1) is 14.9. The molecule has 106 valence electrons. The van der Waals surface area contributed by atoms with Gasteiger partial charge >= 0.3 is 0 Å². The molecule has 0 aliphatic carbocycles. The van der Waals surface area contributed by atoms with Crippen molar-refractivity contribution in [2.45, 2.75) is 19.9 Å². The first-order valence-corrected chi connectivity index (χ1v) is 6.50. The van der Waals surface area contributed by atoms with E-state index in [4.69, 9.17) is 17.4 Å². The van der Waals surface area contributed by atoms with Crippen molar-refractivity contribution in [1.82, 2.24) is 5.43 Å². The molecule has 0 saturated heterocycles. The van der Waals surface area contributed by atoms with Crippen molar-refractivity contribution >= 4 is 11.6 Å². The monoisotopic (exact) mass is 296 g/mol. The lowest BCUT2D eigenvalue weighted by Gasteiger charge is -2.21. The number of nitrogens with one attached hydrogen (secondary N) is 1. The van der Waals surface area contributed by atoms with Crippen LogP contribution >= 0.6 is 11.6 Å². The standard InChI is InChI=1S/C15H15ClF2N2/c1-8-4-3-5-10(9(8)2)15(20-19)11-6-14(18)12(16)7-13(11)17/h3-7,15,20H,19H2,1-2H3. The van der Waals surface area contributed by atoms with Crippen LogP contribution in [0.3, 0.4) is 0 Å². The quantitative estimate of drug-likeness (QED) is 0.514. The fourth-order valence-corrected chi connectivity index (χ4v) is 2.34. The zero-order valence-corrected chi connectivity index (χ0v) is 11.9. The predicted molar refractivity (Wildman–Crippen MR) is 76.5 cm³/mol. The summed E-state index contributed by atoms with van der Waals surface area (Å²) < 4.78 is 27.6. The molecule has 0 spiro atoms. The average molecular weight is 297 g/mol. The molecule has 1 atom stereocenters. The lowest BCUT2D eigenvalue weighted by Crippen LogP contribution is -2.30. The third kappa shape index (κ3) is 2.68. The van der Waals surface area contributed by atoms with Gasteiger partial charge in [0.25, 0.3) is 0 Å². The molecular formula is C15H15ClF2N2. The molecule has 5 heteroatoms. The number of benzene rings is 2. The van der Waals surface area contributed by atoms with Crippen molar-refractivity contribution in [3.05, 3.63) is 69.2 Å². The minimum atomic E-state index is -0.673. The lowest BCUT2D eigenvalue weighted by molar-refractivity contribution is 0.544. The number of halogens is 3. The molecular weight excluding hydrogens is 282 g/mol. The van der Waals surface area contributed by atoms with Crippen LogP contribution < -0.4 is 11.3 Å². The van der Waals surface area contributed by atoms with Gasteiger partial charge in [-0.25, -0.2) is 14.2 Å². The summed E-state index contributed by atoms with van der Waals surface area (Å²) in [5, 5.41) is -0.247. The summed E-state index contributed by atoms with van der Waals surface area (Å²) in [7, 11) is 0. The van der Waals surface area contributed by atoms with E-state index in [-0.39, 0.29) is 10.6 Å². The van der Waals surface area contributed by atoms with Crippen molar-refractivity contribution in [3.63, 3.8) is 0 Å². The molecule has 20 heavy (non-hydrogen) atoms. The van der Waals surface area contributed by atoms with Crippen LogP contribution in [-0.4, -0.2) is 0 Å². The van der Waals surface area contributed by atoms with Crippen LogP contribution in [-0.2, 0) is 0 Å². The van der Waals surface area contributed by atoms with Gasteiger partial charge in [-0.1, -0.05) is 29.8 Å². The van der Waals surface area contributed by atoms with E-state index >= 15 is 0 Å². The van der Waals surface area contributed by atoms with Gasteiger partial charge < -0.3 is 0 Å². The molecule has 2 nitrogen and oxygen atoms in total. The number of hydrazine groups is 1. The molecule has 1 unspecified atom stereocenters. The number of nitrogens with two attached hydrogens (primary N) is 1. The SMILES string of the molecule is Cc1cccc(C(NN)c2cc(F)c(Cl)cc2F)c1C. The first-order valence-electron chi connectivity index (χ1n) is 6.12. The Morgan fingerprint density at radius 2 is 1.80 bits per heavy atom. The molecule has 0 heterocycles. The van der Waals surface area contributed by atoms with E-state index in [0.29, 0.717) is 0 Å². The predicted octanol–water partition coefficient (Wildman–Crippen LogP) is 3.79. The largest absolute Gasteiger partial charge is 0.271 e. The molecule has 0 aliphatic heterocycles. The summed E-state index contributed by atoms with van der Waals surface area (Å²) in [4.78, 5) is 0. The van der Waals surface area contributed by atoms with Crippen LogP contribution in [0.15, 0.2) is 30.3 Å². The van der Waals surface area contributed by atoms with E-state index in [1.54, 1.807) is 0 Å². The highest BCUT2D eigenvalue weighted by molar-refractivity contribution is 6.30. The maximum atomic E-state index is 14.0. The summed E-state index contributed by atoms with van der Waals surface area (Å²) in [5.41, 5.74) is 5.50. The van der Waals surface area contributed by atoms with Gasteiger partial charge in [-0.05, 0) is 42.7 Å². The Morgan fingerprint density at radius 1 is 1.10 bits per heavy atom. The van der Waals surface area contributed by atoms with Crippen LogP contribution in [0, 0.1) is 25.5 Å². The molecule has 2 aromatic rings. The van der Waals surface area contributed by atoms with Crippen molar-refractivity contribution in [2.75, 3.05) is 0 Å². The number of hydrogen-bond donors (Lipinski definition) is 2. The highest BCUT2D eigenvalue weighted by Crippen LogP contribution is 2.30. The van der Waals surface area contributed by atoms with Gasteiger partial charge in [-0.2, -0.15) is 0 Å². The van der Waals surface area contributed by atoms with Gasteiger partial charge in [0.1, 0.15) is 11.6 Å². The van der Waals surface area contributed by atoms with E-state index in [1.807, 2.05) is 32.0 Å². The fraction of sp³-hybridized carbons (Fsp3) is 0.200. The van der Waals surface area contributed by atoms with Gasteiger partial charge in [-0.3, -0.25) is 5.84 Å². The topological polar surface area (TPSA) is 38.0 Å². The highest BCUT2D eigenvalue weighted by Gasteiger charge is 2.21. The van der Waals surface area contributed by atoms with E-state index in [2.05, 4.69) is 5.43 Å². The second kappa shape index (κ2) is 5.87. The third-order valence-corrected chi connectivity index (χ3v) is 3.76. The van der Waals surface area contributed by atoms with Gasteiger partial charge in [0.05, 0.1) is 11.1 Å². The van der Waals surface area contributed by atoms with Crippen LogP contribution in [0.5, 0.6) is 0 Å². The minimum Gasteiger partial charge on any atom is -0.271 e. The Morgan fingerprint density at radius 3 is 2.45 bits per heavy atom. The molecule has 0 saturated carbocycles. The van der Waals surface area contributed by atoms with E-state index < -0.39 is 17.7 Å². The van der Waals surface area contributed by atoms with Crippen LogP contribution in [0.4, 0.5) is 8.78 Å². The summed E-state index contributed by atoms with van der Waals surface area (Å²) in [5.74, 6) is 4.27. The van der Waals surface area contributed by atoms with Crippen LogP contribution in [0.1, 0.15) is 28.3 Å². The van der Waals surface area contributed by atoms with Gasteiger partial charge in [0, 0.05) is 5.56 Å². The maximum Gasteiger partial charge on any atom is 0.142 e. The summed E-state index contributed by atoms with van der Waals surface area (Å²) >= 11 is 5.57. The van der Waals surface area contributed by atoms with Crippen molar-refractivity contribution in [3.8, 4) is 0 Å². The van der Waals surface area contributed by atoms with Crippen molar-refractivity contribution in [2.24, 2.45) is 5.84 Å². The molecule has 0 amide bonds. The van der Waals surface area contributed by atoms with Gasteiger partial charge in [0.15, 0.2) is 0 Å². The third-order valence-electron chi connectivity index (χ3n) is 3.47. The average Bonchev–Trinajstić information content (AvgIpc) is 2.41. The van der Waals surface area contributed by atoms with Crippen molar-refractivity contribution < 1.29 is 8.78 Å². The molecule has 3 N–H and O–H groups in total. The molecule has 0 fully saturated rings. The van der Waals surface area contributed by atoms with Crippen molar-refractivity contribution in [1.29, 1.82) is 0 Å². The Balaban J connectivity index is 2.58. The minimum absolute atomic E-state index is 0.128. The lowest BCUT2D eigenvalue weighted by atomic mass is 9.93. The number of hydrogen-bond acceptors (Lipinski definition) is 2. The smallest absolute Gasteiger partial charge is 0.142 e. The van der Waals surface area contributed by atoms with Crippen LogP contribution in [0.25, 0.3) is 0 Å². The van der Waals surface area contributed by atoms with E-state index in [1.165, 1.54) is 0 Å². The summed E-state index contributed by atoms with van der Waals surface area (Å²) in [6.45, 7) is 3.87. The molecule has 0 radical (unpaired) electrons. The second-order valence-electron chi connectivity index (χ2n) is 4.68. The number of aryl methyl sites for hydroxylation is 1. The zero-order valence-electron chi connectivity index (χ0n) is 11.2.